The topological polar surface area (TPSA) is 12.0 Å². The highest BCUT2D eigenvalue weighted by molar-refractivity contribution is 5.49. The Hall–Kier alpha value is -0.980. The lowest BCUT2D eigenvalue weighted by molar-refractivity contribution is 0.345. The molecule has 1 aromatic rings. The van der Waals surface area contributed by atoms with Crippen molar-refractivity contribution in [1.82, 2.24) is 0 Å². The molecule has 1 nitrogen and oxygen atoms in total. The van der Waals surface area contributed by atoms with Crippen LogP contribution in [0.4, 0.5) is 5.69 Å². The number of aryl methyl sites for hydroxylation is 1. The van der Waals surface area contributed by atoms with Crippen LogP contribution in [0.3, 0.4) is 0 Å². The van der Waals surface area contributed by atoms with Crippen LogP contribution >= 0.6 is 0 Å². The minimum Gasteiger partial charge on any atom is -0.385 e. The number of hydrogen-bond acceptors (Lipinski definition) is 1. The van der Waals surface area contributed by atoms with Gasteiger partial charge >= 0.3 is 0 Å². The van der Waals surface area contributed by atoms with E-state index in [1.165, 1.54) is 55.3 Å². The summed E-state index contributed by atoms with van der Waals surface area (Å²) in [7, 11) is 0. The number of anilines is 1. The van der Waals surface area contributed by atoms with E-state index in [4.69, 9.17) is 0 Å². The average Bonchev–Trinajstić information content (AvgIpc) is 2.39. The van der Waals surface area contributed by atoms with Crippen LogP contribution in [0.5, 0.6) is 0 Å². The lowest BCUT2D eigenvalue weighted by Crippen LogP contribution is -2.12. The van der Waals surface area contributed by atoms with Crippen LogP contribution in [-0.4, -0.2) is 6.54 Å². The molecule has 0 saturated heterocycles. The first-order chi connectivity index (χ1) is 9.16. The van der Waals surface area contributed by atoms with Crippen molar-refractivity contribution in [2.75, 3.05) is 11.9 Å². The maximum atomic E-state index is 3.60. The third kappa shape index (κ3) is 4.26. The van der Waals surface area contributed by atoms with Crippen LogP contribution in [0.25, 0.3) is 0 Å². The number of rotatable bonds is 5. The summed E-state index contributed by atoms with van der Waals surface area (Å²) in [4.78, 5) is 0. The molecule has 0 aliphatic heterocycles. The molecule has 2 rings (SSSR count). The lowest BCUT2D eigenvalue weighted by Gasteiger charge is -2.21. The molecule has 1 aromatic carbocycles. The summed E-state index contributed by atoms with van der Waals surface area (Å²) in [6.45, 7) is 7.88. The Morgan fingerprint density at radius 2 is 1.89 bits per heavy atom. The van der Waals surface area contributed by atoms with E-state index in [1.807, 2.05) is 0 Å². The summed E-state index contributed by atoms with van der Waals surface area (Å²) < 4.78 is 0. The molecule has 1 fully saturated rings. The van der Waals surface area contributed by atoms with Gasteiger partial charge in [0.25, 0.3) is 0 Å². The minimum atomic E-state index is 0.622. The van der Waals surface area contributed by atoms with E-state index in [2.05, 4.69) is 44.3 Å². The molecule has 0 spiro atoms. The molecule has 19 heavy (non-hydrogen) atoms. The third-order valence-corrected chi connectivity index (χ3v) is 4.50. The van der Waals surface area contributed by atoms with Crippen molar-refractivity contribution in [1.29, 1.82) is 0 Å². The zero-order valence-electron chi connectivity index (χ0n) is 12.8. The molecule has 1 heteroatoms. The Balaban J connectivity index is 1.81. The van der Waals surface area contributed by atoms with Crippen molar-refractivity contribution < 1.29 is 0 Å². The molecule has 1 N–H and O–H groups in total. The second kappa shape index (κ2) is 6.98. The largest absolute Gasteiger partial charge is 0.385 e. The van der Waals surface area contributed by atoms with Crippen molar-refractivity contribution >= 4 is 5.69 Å². The van der Waals surface area contributed by atoms with Gasteiger partial charge in [-0.2, -0.15) is 0 Å². The molecular formula is C18H29N. The zero-order chi connectivity index (χ0) is 13.7. The minimum absolute atomic E-state index is 0.622. The Labute approximate surface area is 118 Å². The fourth-order valence-electron chi connectivity index (χ4n) is 3.33. The average molecular weight is 259 g/mol. The van der Waals surface area contributed by atoms with Gasteiger partial charge in [-0.05, 0) is 48.4 Å². The first-order valence-corrected chi connectivity index (χ1v) is 8.01. The van der Waals surface area contributed by atoms with Gasteiger partial charge < -0.3 is 5.32 Å². The Kier molecular flexibility index (Phi) is 5.30. The molecule has 0 atom stereocenters. The monoisotopic (exact) mass is 259 g/mol. The van der Waals surface area contributed by atoms with E-state index in [0.29, 0.717) is 5.92 Å². The van der Waals surface area contributed by atoms with Gasteiger partial charge in [0.15, 0.2) is 0 Å². The lowest BCUT2D eigenvalue weighted by atomic mass is 9.87. The van der Waals surface area contributed by atoms with Crippen molar-refractivity contribution in [3.8, 4) is 0 Å². The standard InChI is InChI=1S/C18H29N/c1-14(2)18-10-9-17(13-15(18)3)19-12-11-16-7-5-4-6-8-16/h9-10,13-14,16,19H,4-8,11-12H2,1-3H3. The van der Waals surface area contributed by atoms with E-state index in [9.17, 15) is 0 Å². The van der Waals surface area contributed by atoms with Crippen LogP contribution in [0.1, 0.15) is 69.4 Å². The summed E-state index contributed by atoms with van der Waals surface area (Å²) >= 11 is 0. The van der Waals surface area contributed by atoms with E-state index >= 15 is 0 Å². The maximum absolute atomic E-state index is 3.60. The van der Waals surface area contributed by atoms with E-state index in [0.717, 1.165) is 12.5 Å². The summed E-state index contributed by atoms with van der Waals surface area (Å²) in [6.07, 6.45) is 8.60. The molecule has 0 amide bonds. The fraction of sp³-hybridized carbons (Fsp3) is 0.667. The predicted octanol–water partition coefficient (Wildman–Crippen LogP) is 5.50. The molecule has 0 unspecified atom stereocenters. The van der Waals surface area contributed by atoms with Crippen LogP contribution in [0.2, 0.25) is 0 Å². The molecule has 0 bridgehead atoms. The fourth-order valence-corrected chi connectivity index (χ4v) is 3.33. The van der Waals surface area contributed by atoms with E-state index in [1.54, 1.807) is 0 Å². The first-order valence-electron chi connectivity index (χ1n) is 8.01. The molecule has 1 aliphatic rings. The van der Waals surface area contributed by atoms with Gasteiger partial charge in [-0.15, -0.1) is 0 Å². The van der Waals surface area contributed by atoms with Gasteiger partial charge in [-0.3, -0.25) is 0 Å². The SMILES string of the molecule is Cc1cc(NCCC2CCCCC2)ccc1C(C)C. The molecule has 0 radical (unpaired) electrons. The van der Waals surface area contributed by atoms with Gasteiger partial charge in [0.1, 0.15) is 0 Å². The molecular weight excluding hydrogens is 230 g/mol. The van der Waals surface area contributed by atoms with Gasteiger partial charge in [0.05, 0.1) is 0 Å². The molecule has 0 heterocycles. The van der Waals surface area contributed by atoms with Crippen molar-refractivity contribution in [2.24, 2.45) is 5.92 Å². The van der Waals surface area contributed by atoms with Gasteiger partial charge in [-0.1, -0.05) is 52.0 Å². The highest BCUT2D eigenvalue weighted by atomic mass is 14.9. The van der Waals surface area contributed by atoms with E-state index < -0.39 is 0 Å². The third-order valence-electron chi connectivity index (χ3n) is 4.50. The van der Waals surface area contributed by atoms with Gasteiger partial charge in [-0.25, -0.2) is 0 Å². The number of benzene rings is 1. The first kappa shape index (κ1) is 14.4. The zero-order valence-corrected chi connectivity index (χ0v) is 12.8. The maximum Gasteiger partial charge on any atom is 0.0343 e. The van der Waals surface area contributed by atoms with Crippen LogP contribution in [0.15, 0.2) is 18.2 Å². The van der Waals surface area contributed by atoms with Gasteiger partial charge in [0, 0.05) is 12.2 Å². The second-order valence-corrected chi connectivity index (χ2v) is 6.45. The summed E-state index contributed by atoms with van der Waals surface area (Å²) in [5.74, 6) is 1.59. The molecule has 106 valence electrons. The second-order valence-electron chi connectivity index (χ2n) is 6.45. The molecule has 0 aromatic heterocycles. The van der Waals surface area contributed by atoms with Crippen LogP contribution in [-0.2, 0) is 0 Å². The number of nitrogens with one attached hydrogen (secondary N) is 1. The summed E-state index contributed by atoms with van der Waals surface area (Å²) in [5.41, 5.74) is 4.17. The van der Waals surface area contributed by atoms with Crippen LogP contribution < -0.4 is 5.32 Å². The van der Waals surface area contributed by atoms with Crippen molar-refractivity contribution in [2.45, 2.75) is 65.2 Å². The molecule has 1 aliphatic carbocycles. The van der Waals surface area contributed by atoms with Crippen molar-refractivity contribution in [3.63, 3.8) is 0 Å². The van der Waals surface area contributed by atoms with Gasteiger partial charge in [0.2, 0.25) is 0 Å². The number of hydrogen-bond donors (Lipinski definition) is 1. The highest BCUT2D eigenvalue weighted by Crippen LogP contribution is 2.26. The van der Waals surface area contributed by atoms with Crippen molar-refractivity contribution in [3.05, 3.63) is 29.3 Å². The summed E-state index contributed by atoms with van der Waals surface area (Å²) in [5, 5.41) is 3.60. The van der Waals surface area contributed by atoms with Crippen LogP contribution in [0, 0.1) is 12.8 Å². The Bertz CT molecular complexity index is 389. The predicted molar refractivity (Wildman–Crippen MR) is 84.9 cm³/mol. The summed E-state index contributed by atoms with van der Waals surface area (Å²) in [6, 6.07) is 6.82. The quantitative estimate of drug-likeness (QED) is 0.736. The smallest absolute Gasteiger partial charge is 0.0343 e. The molecule has 1 saturated carbocycles. The highest BCUT2D eigenvalue weighted by Gasteiger charge is 2.12. The Morgan fingerprint density at radius 3 is 2.53 bits per heavy atom. The van der Waals surface area contributed by atoms with E-state index in [-0.39, 0.29) is 0 Å². The Morgan fingerprint density at radius 1 is 1.16 bits per heavy atom. The normalized spacial score (nSPS) is 16.8.